The zero-order chi connectivity index (χ0) is 22.7. The van der Waals surface area contributed by atoms with E-state index in [1.807, 2.05) is 0 Å². The number of halogens is 2. The number of hydrogen-bond donors (Lipinski definition) is 2. The summed E-state index contributed by atoms with van der Waals surface area (Å²) in [4.78, 5) is 38.0. The highest BCUT2D eigenvalue weighted by Crippen LogP contribution is 2.32. The molecular formula is C19H20F2N3O6P. The van der Waals surface area contributed by atoms with Gasteiger partial charge in [-0.25, -0.2) is 13.6 Å². The average molecular weight is 455 g/mol. The molecule has 2 heterocycles. The molecule has 0 aromatic heterocycles. The second-order valence-electron chi connectivity index (χ2n) is 6.97. The summed E-state index contributed by atoms with van der Waals surface area (Å²) < 4.78 is 45.0. The predicted molar refractivity (Wildman–Crippen MR) is 106 cm³/mol. The summed E-state index contributed by atoms with van der Waals surface area (Å²) in [5.41, 5.74) is -0.0116. The Morgan fingerprint density at radius 3 is 2.58 bits per heavy atom. The van der Waals surface area contributed by atoms with Crippen molar-refractivity contribution >= 4 is 37.6 Å². The second kappa shape index (κ2) is 9.49. The predicted octanol–water partition coefficient (Wildman–Crippen LogP) is 1.30. The maximum Gasteiger partial charge on any atom is 0.415 e. The number of carbonyl (C=O) groups is 3. The molecule has 166 valence electrons. The van der Waals surface area contributed by atoms with Gasteiger partial charge < -0.3 is 20.1 Å². The van der Waals surface area contributed by atoms with Gasteiger partial charge in [0.25, 0.3) is 11.8 Å². The molecular weight excluding hydrogens is 435 g/mol. The third-order valence-electron chi connectivity index (χ3n) is 5.06. The number of amides is 3. The van der Waals surface area contributed by atoms with Gasteiger partial charge in [-0.1, -0.05) is 6.08 Å². The molecule has 0 bridgehead atoms. The summed E-state index contributed by atoms with van der Waals surface area (Å²) in [7, 11) is 1.02. The molecule has 9 nitrogen and oxygen atoms in total. The number of nitrogens with one attached hydrogen (secondary N) is 1. The second-order valence-corrected chi connectivity index (χ2v) is 7.60. The van der Waals surface area contributed by atoms with Crippen molar-refractivity contribution in [2.45, 2.75) is 18.6 Å². The van der Waals surface area contributed by atoms with Gasteiger partial charge in [-0.2, -0.15) is 0 Å². The van der Waals surface area contributed by atoms with E-state index in [2.05, 4.69) is 5.32 Å². The fraction of sp³-hybridized carbons (Fsp3) is 0.421. The highest BCUT2D eigenvalue weighted by atomic mass is 31.1. The van der Waals surface area contributed by atoms with Crippen molar-refractivity contribution < 1.29 is 37.6 Å². The highest BCUT2D eigenvalue weighted by Gasteiger charge is 2.37. The Morgan fingerprint density at radius 2 is 2.03 bits per heavy atom. The molecule has 0 saturated carbocycles. The molecule has 0 spiro atoms. The molecule has 1 saturated heterocycles. The van der Waals surface area contributed by atoms with Crippen molar-refractivity contribution in [3.05, 3.63) is 35.4 Å². The lowest BCUT2D eigenvalue weighted by atomic mass is 9.97. The summed E-state index contributed by atoms with van der Waals surface area (Å²) in [5.74, 6) is -2.93. The minimum absolute atomic E-state index is 0.0356. The fourth-order valence-corrected chi connectivity index (χ4v) is 3.75. The fourth-order valence-electron chi connectivity index (χ4n) is 3.45. The third kappa shape index (κ3) is 4.72. The van der Waals surface area contributed by atoms with Gasteiger partial charge in [0, 0.05) is 25.7 Å². The number of likely N-dealkylation sites (N-methyl/N-ethyl adjacent to an activating group) is 1. The van der Waals surface area contributed by atoms with Crippen LogP contribution in [-0.4, -0.2) is 73.0 Å². The Hall–Kier alpha value is -2.91. The lowest BCUT2D eigenvalue weighted by molar-refractivity contribution is -0.138. The van der Waals surface area contributed by atoms with Gasteiger partial charge in [0.05, 0.1) is 18.4 Å². The van der Waals surface area contributed by atoms with E-state index in [9.17, 15) is 32.8 Å². The van der Waals surface area contributed by atoms with Crippen molar-refractivity contribution in [3.63, 3.8) is 0 Å². The SMILES string of the molecule is CNC(=O)[C@H]1CN(c2cc(F)c(C3=CCN(C(=O)[C@H](O)CP=O)CC3)c(F)c2)C(=O)O1. The van der Waals surface area contributed by atoms with E-state index in [4.69, 9.17) is 4.74 Å². The Balaban J connectivity index is 1.77. The van der Waals surface area contributed by atoms with Crippen molar-refractivity contribution in [1.29, 1.82) is 0 Å². The summed E-state index contributed by atoms with van der Waals surface area (Å²) in [6, 6.07) is 1.97. The van der Waals surface area contributed by atoms with Gasteiger partial charge in [0.1, 0.15) is 17.7 Å². The van der Waals surface area contributed by atoms with Crippen LogP contribution >= 0.6 is 8.46 Å². The van der Waals surface area contributed by atoms with Crippen LogP contribution in [0.25, 0.3) is 5.57 Å². The number of hydrogen-bond acceptors (Lipinski definition) is 6. The van der Waals surface area contributed by atoms with Crippen LogP contribution in [0.5, 0.6) is 0 Å². The first kappa shape index (κ1) is 22.8. The Kier molecular flexibility index (Phi) is 6.97. The van der Waals surface area contributed by atoms with Crippen LogP contribution in [0.2, 0.25) is 0 Å². The summed E-state index contributed by atoms with van der Waals surface area (Å²) in [5, 5.41) is 12.0. The zero-order valence-corrected chi connectivity index (χ0v) is 17.4. The van der Waals surface area contributed by atoms with E-state index in [1.165, 1.54) is 18.0 Å². The smallest absolute Gasteiger partial charge is 0.415 e. The number of ether oxygens (including phenoxy) is 1. The zero-order valence-electron chi connectivity index (χ0n) is 16.5. The van der Waals surface area contributed by atoms with E-state index in [1.54, 1.807) is 0 Å². The molecule has 0 unspecified atom stereocenters. The molecule has 3 rings (SSSR count). The first-order valence-corrected chi connectivity index (χ1v) is 10.4. The first-order chi connectivity index (χ1) is 14.8. The van der Waals surface area contributed by atoms with Crippen molar-refractivity contribution in [2.24, 2.45) is 0 Å². The number of carbonyl (C=O) groups excluding carboxylic acids is 3. The molecule has 1 fully saturated rings. The standard InChI is InChI=1S/C19H20F2N3O6P/c1-22-17(26)15-8-24(19(28)30-15)11-6-12(20)16(13(21)7-11)10-2-4-23(5-3-10)18(27)14(25)9-31-29/h2,6-7,14-15,25H,3-5,8-9H2,1H3,(H,22,26)/t14-,15-/m1/s1. The van der Waals surface area contributed by atoms with Crippen molar-refractivity contribution in [1.82, 2.24) is 10.2 Å². The number of aliphatic hydroxyl groups is 1. The van der Waals surface area contributed by atoms with Crippen LogP contribution in [0.3, 0.4) is 0 Å². The largest absolute Gasteiger partial charge is 0.434 e. The van der Waals surface area contributed by atoms with Crippen LogP contribution in [0.4, 0.5) is 19.3 Å². The number of cyclic esters (lactones) is 1. The molecule has 12 heteroatoms. The number of nitrogens with zero attached hydrogens (tertiary/aromatic N) is 2. The lowest BCUT2D eigenvalue weighted by Crippen LogP contribution is -2.42. The van der Waals surface area contributed by atoms with Crippen LogP contribution in [0.1, 0.15) is 12.0 Å². The normalized spacial score (nSPS) is 19.8. The molecule has 1 aromatic rings. The molecule has 2 N–H and O–H groups in total. The van der Waals surface area contributed by atoms with E-state index >= 15 is 0 Å². The van der Waals surface area contributed by atoms with Crippen LogP contribution in [-0.2, 0) is 18.9 Å². The number of rotatable bonds is 6. The maximum absolute atomic E-state index is 14.8. The molecule has 0 radical (unpaired) electrons. The summed E-state index contributed by atoms with van der Waals surface area (Å²) in [6.45, 7) is -0.0140. The van der Waals surface area contributed by atoms with Gasteiger partial charge >= 0.3 is 6.09 Å². The van der Waals surface area contributed by atoms with Gasteiger partial charge in [0.2, 0.25) is 0 Å². The van der Waals surface area contributed by atoms with Crippen molar-refractivity contribution in [3.8, 4) is 0 Å². The van der Waals surface area contributed by atoms with E-state index in [0.717, 1.165) is 17.0 Å². The minimum Gasteiger partial charge on any atom is -0.434 e. The summed E-state index contributed by atoms with van der Waals surface area (Å²) >= 11 is 0. The molecule has 2 aliphatic rings. The van der Waals surface area contributed by atoms with E-state index in [-0.39, 0.29) is 51.9 Å². The molecule has 31 heavy (non-hydrogen) atoms. The van der Waals surface area contributed by atoms with Crippen LogP contribution in [0.15, 0.2) is 18.2 Å². The number of benzene rings is 1. The molecule has 2 aliphatic heterocycles. The van der Waals surface area contributed by atoms with E-state index in [0.29, 0.717) is 5.57 Å². The number of aliphatic hydroxyl groups excluding tert-OH is 1. The Bertz CT molecular complexity index is 934. The van der Waals surface area contributed by atoms with Crippen LogP contribution in [0, 0.1) is 11.6 Å². The molecule has 2 atom stereocenters. The molecule has 0 aliphatic carbocycles. The third-order valence-corrected chi connectivity index (χ3v) is 5.56. The Labute approximate surface area is 177 Å². The van der Waals surface area contributed by atoms with Gasteiger partial charge in [-0.05, 0) is 24.1 Å². The van der Waals surface area contributed by atoms with Gasteiger partial charge in [-0.15, -0.1) is 0 Å². The highest BCUT2D eigenvalue weighted by molar-refractivity contribution is 7.23. The van der Waals surface area contributed by atoms with E-state index < -0.39 is 41.7 Å². The maximum atomic E-state index is 14.8. The summed E-state index contributed by atoms with van der Waals surface area (Å²) in [6.07, 6.45) is -1.97. The van der Waals surface area contributed by atoms with Gasteiger partial charge in [0.15, 0.2) is 14.6 Å². The first-order valence-electron chi connectivity index (χ1n) is 9.41. The lowest BCUT2D eigenvalue weighted by Gasteiger charge is -2.28. The quantitative estimate of drug-likeness (QED) is 0.625. The molecule has 1 aromatic carbocycles. The topological polar surface area (TPSA) is 116 Å². The van der Waals surface area contributed by atoms with Crippen molar-refractivity contribution in [2.75, 3.05) is 37.7 Å². The number of anilines is 1. The average Bonchev–Trinajstić information content (AvgIpc) is 3.14. The monoisotopic (exact) mass is 455 g/mol. The van der Waals surface area contributed by atoms with Gasteiger partial charge in [-0.3, -0.25) is 19.1 Å². The minimum atomic E-state index is -1.40. The molecule has 3 amide bonds. The Morgan fingerprint density at radius 1 is 1.35 bits per heavy atom. The van der Waals surface area contributed by atoms with Crippen LogP contribution < -0.4 is 10.2 Å².